The summed E-state index contributed by atoms with van der Waals surface area (Å²) in [6.07, 6.45) is 3.26. The van der Waals surface area contributed by atoms with Crippen LogP contribution in [0.25, 0.3) is 11.4 Å². The van der Waals surface area contributed by atoms with Gasteiger partial charge in [-0.15, -0.1) is 15.0 Å². The molecule has 170 valence electrons. The number of tetrazole rings is 1. The maximum absolute atomic E-state index is 14.0. The number of benzene rings is 2. The first-order chi connectivity index (χ1) is 16.5. The van der Waals surface area contributed by atoms with Crippen molar-refractivity contribution in [1.29, 1.82) is 0 Å². The molecule has 0 unspecified atom stereocenters. The van der Waals surface area contributed by atoms with Crippen LogP contribution in [0.5, 0.6) is 0 Å². The summed E-state index contributed by atoms with van der Waals surface area (Å²) in [6, 6.07) is 17.1. The minimum atomic E-state index is -0.440. The Morgan fingerprint density at radius 3 is 2.59 bits per heavy atom. The van der Waals surface area contributed by atoms with Crippen LogP contribution < -0.4 is 5.32 Å². The number of rotatable bonds is 7. The monoisotopic (exact) mass is 477 g/mol. The third kappa shape index (κ3) is 4.69. The average Bonchev–Trinajstić information content (AvgIpc) is 3.59. The van der Waals surface area contributed by atoms with Crippen molar-refractivity contribution in [2.24, 2.45) is 0 Å². The van der Waals surface area contributed by atoms with Crippen LogP contribution in [-0.4, -0.2) is 45.7 Å². The molecular formula is C22H17ClFN9O. The van der Waals surface area contributed by atoms with Crippen molar-refractivity contribution in [3.63, 3.8) is 0 Å². The lowest BCUT2D eigenvalue weighted by atomic mass is 10.2. The number of hydrogen-bond donors (Lipinski definition) is 1. The molecular weight excluding hydrogens is 461 g/mol. The lowest BCUT2D eigenvalue weighted by Gasteiger charge is -2.06. The predicted molar refractivity (Wildman–Crippen MR) is 122 cm³/mol. The van der Waals surface area contributed by atoms with Gasteiger partial charge in [0.25, 0.3) is 5.91 Å². The molecule has 0 aliphatic carbocycles. The summed E-state index contributed by atoms with van der Waals surface area (Å²) in [7, 11) is 0. The highest BCUT2D eigenvalue weighted by atomic mass is 35.5. The SMILES string of the molecule is O=C(Nc1ccn(Cc2c(F)cccc2Cl)n1)c1ccn(Cn2nnc(-c3ccccc3)n2)n1. The van der Waals surface area contributed by atoms with Crippen LogP contribution in [0.4, 0.5) is 10.2 Å². The summed E-state index contributed by atoms with van der Waals surface area (Å²) in [5.41, 5.74) is 1.36. The van der Waals surface area contributed by atoms with Gasteiger partial charge in [-0.2, -0.15) is 10.2 Å². The van der Waals surface area contributed by atoms with Crippen LogP contribution in [0.15, 0.2) is 73.1 Å². The summed E-state index contributed by atoms with van der Waals surface area (Å²) < 4.78 is 17.0. The Morgan fingerprint density at radius 1 is 0.941 bits per heavy atom. The molecule has 0 radical (unpaired) electrons. The molecule has 1 N–H and O–H groups in total. The lowest BCUT2D eigenvalue weighted by molar-refractivity contribution is 0.102. The van der Waals surface area contributed by atoms with Gasteiger partial charge in [0.1, 0.15) is 5.82 Å². The molecule has 2 aromatic carbocycles. The first kappa shape index (κ1) is 21.5. The summed E-state index contributed by atoms with van der Waals surface area (Å²) in [6.45, 7) is 0.316. The molecule has 3 heterocycles. The quantitative estimate of drug-likeness (QED) is 0.385. The number of amides is 1. The topological polar surface area (TPSA) is 108 Å². The number of hydrogen-bond acceptors (Lipinski definition) is 6. The Bertz CT molecular complexity index is 1420. The normalized spacial score (nSPS) is 11.0. The van der Waals surface area contributed by atoms with Crippen LogP contribution in [0.3, 0.4) is 0 Å². The van der Waals surface area contributed by atoms with Gasteiger partial charge in [-0.25, -0.2) is 9.07 Å². The van der Waals surface area contributed by atoms with E-state index < -0.39 is 11.7 Å². The molecule has 0 fully saturated rings. The van der Waals surface area contributed by atoms with Crippen molar-refractivity contribution in [3.8, 4) is 11.4 Å². The molecule has 34 heavy (non-hydrogen) atoms. The van der Waals surface area contributed by atoms with E-state index in [1.54, 1.807) is 30.6 Å². The van der Waals surface area contributed by atoms with Crippen molar-refractivity contribution >= 4 is 23.3 Å². The molecule has 0 saturated carbocycles. The van der Waals surface area contributed by atoms with Crippen LogP contribution in [0, 0.1) is 5.82 Å². The zero-order valence-electron chi connectivity index (χ0n) is 17.6. The second-order valence-electron chi connectivity index (χ2n) is 7.29. The van der Waals surface area contributed by atoms with Gasteiger partial charge < -0.3 is 5.32 Å². The lowest BCUT2D eigenvalue weighted by Crippen LogP contribution is -2.16. The fourth-order valence-electron chi connectivity index (χ4n) is 3.24. The fourth-order valence-corrected chi connectivity index (χ4v) is 3.46. The second kappa shape index (κ2) is 9.24. The summed E-state index contributed by atoms with van der Waals surface area (Å²) >= 11 is 6.07. The maximum Gasteiger partial charge on any atom is 0.277 e. The molecule has 12 heteroatoms. The molecule has 0 aliphatic heterocycles. The second-order valence-corrected chi connectivity index (χ2v) is 7.69. The largest absolute Gasteiger partial charge is 0.304 e. The molecule has 5 aromatic rings. The Labute approximate surface area is 197 Å². The Morgan fingerprint density at radius 2 is 1.76 bits per heavy atom. The van der Waals surface area contributed by atoms with Gasteiger partial charge in [0.2, 0.25) is 5.82 Å². The van der Waals surface area contributed by atoms with E-state index in [1.807, 2.05) is 30.3 Å². The van der Waals surface area contributed by atoms with E-state index in [1.165, 1.54) is 26.3 Å². The first-order valence-electron chi connectivity index (χ1n) is 10.2. The Balaban J connectivity index is 1.22. The zero-order chi connectivity index (χ0) is 23.5. The summed E-state index contributed by atoms with van der Waals surface area (Å²) in [5, 5.41) is 23.9. The van der Waals surface area contributed by atoms with Gasteiger partial charge in [-0.3, -0.25) is 9.48 Å². The molecule has 3 aromatic heterocycles. The minimum Gasteiger partial charge on any atom is -0.304 e. The smallest absolute Gasteiger partial charge is 0.277 e. The molecule has 1 amide bonds. The van der Waals surface area contributed by atoms with E-state index in [4.69, 9.17) is 11.6 Å². The minimum absolute atomic E-state index is 0.131. The van der Waals surface area contributed by atoms with Crippen molar-refractivity contribution in [1.82, 2.24) is 39.8 Å². The molecule has 0 bridgehead atoms. The molecule has 0 aliphatic rings. The third-order valence-corrected chi connectivity index (χ3v) is 5.25. The van der Waals surface area contributed by atoms with Gasteiger partial charge in [0.15, 0.2) is 18.2 Å². The molecule has 10 nitrogen and oxygen atoms in total. The number of anilines is 1. The first-order valence-corrected chi connectivity index (χ1v) is 10.6. The van der Waals surface area contributed by atoms with Gasteiger partial charge in [0, 0.05) is 34.6 Å². The van der Waals surface area contributed by atoms with Crippen molar-refractivity contribution < 1.29 is 9.18 Å². The number of nitrogens with one attached hydrogen (secondary N) is 1. The number of carbonyl (C=O) groups excluding carboxylic acids is 1. The van der Waals surface area contributed by atoms with Crippen LogP contribution in [0.2, 0.25) is 5.02 Å². The Hall–Kier alpha value is -4.38. The highest BCUT2D eigenvalue weighted by molar-refractivity contribution is 6.31. The molecule has 0 saturated heterocycles. The van der Waals surface area contributed by atoms with Crippen LogP contribution in [-0.2, 0) is 13.2 Å². The number of carbonyl (C=O) groups is 1. The number of halogens is 2. The van der Waals surface area contributed by atoms with E-state index in [2.05, 4.69) is 30.9 Å². The van der Waals surface area contributed by atoms with Gasteiger partial charge in [-0.05, 0) is 23.4 Å². The summed E-state index contributed by atoms with van der Waals surface area (Å²) in [4.78, 5) is 14.0. The predicted octanol–water partition coefficient (Wildman–Crippen LogP) is 3.33. The average molecular weight is 478 g/mol. The highest BCUT2D eigenvalue weighted by Gasteiger charge is 2.14. The van der Waals surface area contributed by atoms with Crippen LogP contribution in [0.1, 0.15) is 16.1 Å². The molecule has 0 spiro atoms. The molecule has 0 atom stereocenters. The number of nitrogens with zero attached hydrogens (tertiary/aromatic N) is 8. The molecule has 5 rings (SSSR count). The number of aromatic nitrogens is 8. The van der Waals surface area contributed by atoms with E-state index in [0.717, 1.165) is 5.56 Å². The highest BCUT2D eigenvalue weighted by Crippen LogP contribution is 2.20. The van der Waals surface area contributed by atoms with Gasteiger partial charge >= 0.3 is 0 Å². The summed E-state index contributed by atoms with van der Waals surface area (Å²) in [5.74, 6) is -0.0585. The standard InChI is InChI=1S/C22H17ClFN9O/c23-17-7-4-8-18(24)16(17)13-31-12-10-20(28-31)25-22(34)19-9-11-32(27-19)14-33-29-21(26-30-33)15-5-2-1-3-6-15/h1-12H,13-14H2,(H,25,28,34). The van der Waals surface area contributed by atoms with Crippen molar-refractivity contribution in [3.05, 3.63) is 95.2 Å². The van der Waals surface area contributed by atoms with Gasteiger partial charge in [0.05, 0.1) is 6.54 Å². The van der Waals surface area contributed by atoms with Crippen molar-refractivity contribution in [2.75, 3.05) is 5.32 Å². The van der Waals surface area contributed by atoms with E-state index in [9.17, 15) is 9.18 Å². The zero-order valence-corrected chi connectivity index (χ0v) is 18.3. The van der Waals surface area contributed by atoms with Crippen molar-refractivity contribution in [2.45, 2.75) is 13.2 Å². The van der Waals surface area contributed by atoms with E-state index >= 15 is 0 Å². The maximum atomic E-state index is 14.0. The Kier molecular flexibility index (Phi) is 5.83. The third-order valence-electron chi connectivity index (χ3n) is 4.89. The van der Waals surface area contributed by atoms with Gasteiger partial charge in [-0.1, -0.05) is 48.0 Å². The van der Waals surface area contributed by atoms with Crippen LogP contribution >= 0.6 is 11.6 Å². The van der Waals surface area contributed by atoms with E-state index in [-0.39, 0.29) is 18.9 Å². The fraction of sp³-hybridized carbons (Fsp3) is 0.0909. The van der Waals surface area contributed by atoms with E-state index in [0.29, 0.717) is 22.2 Å².